The second-order valence-corrected chi connectivity index (χ2v) is 6.97. The maximum atomic E-state index is 12.4. The molecule has 1 atom stereocenters. The predicted octanol–water partition coefficient (Wildman–Crippen LogP) is 3.39. The molecule has 1 aliphatic heterocycles. The van der Waals surface area contributed by atoms with Crippen molar-refractivity contribution in [3.63, 3.8) is 0 Å². The molecule has 0 radical (unpaired) electrons. The van der Waals surface area contributed by atoms with Crippen molar-refractivity contribution in [1.29, 1.82) is 0 Å². The zero-order valence-corrected chi connectivity index (χ0v) is 16.6. The number of halogens is 1. The van der Waals surface area contributed by atoms with Gasteiger partial charge >= 0.3 is 6.03 Å². The summed E-state index contributed by atoms with van der Waals surface area (Å²) in [5.41, 5.74) is 1.38. The Labute approximate surface area is 165 Å². The van der Waals surface area contributed by atoms with E-state index in [9.17, 15) is 9.59 Å². The molecule has 3 amide bonds. The van der Waals surface area contributed by atoms with Crippen LogP contribution in [-0.2, 0) is 4.79 Å². The van der Waals surface area contributed by atoms with Gasteiger partial charge in [0.25, 0.3) is 0 Å². The summed E-state index contributed by atoms with van der Waals surface area (Å²) in [4.78, 5) is 26.2. The van der Waals surface area contributed by atoms with E-state index in [0.717, 1.165) is 4.47 Å². The number of anilines is 2. The quantitative estimate of drug-likeness (QED) is 0.756. The van der Waals surface area contributed by atoms with Crippen molar-refractivity contribution in [3.8, 4) is 11.5 Å². The molecule has 1 saturated heterocycles. The number of ether oxygens (including phenoxy) is 2. The zero-order valence-electron chi connectivity index (χ0n) is 15.0. The van der Waals surface area contributed by atoms with E-state index in [1.165, 1.54) is 0 Å². The van der Waals surface area contributed by atoms with Crippen LogP contribution in [0.4, 0.5) is 16.2 Å². The molecule has 3 rings (SSSR count). The standard InChI is InChI=1S/C19H20BrN3O4/c1-26-16-8-7-15(10-17(16)27-2)23-11-14(9-18(23)24)22-19(25)21-13-5-3-12(20)4-6-13/h3-8,10,14H,9,11H2,1-2H3,(H2,21,22,25)/t14-/m0/s1. The van der Waals surface area contributed by atoms with Gasteiger partial charge in [-0.2, -0.15) is 0 Å². The Balaban J connectivity index is 1.63. The lowest BCUT2D eigenvalue weighted by atomic mass is 10.2. The minimum Gasteiger partial charge on any atom is -0.493 e. The van der Waals surface area contributed by atoms with Gasteiger partial charge in [0.15, 0.2) is 11.5 Å². The third kappa shape index (κ3) is 4.51. The molecule has 8 heteroatoms. The van der Waals surface area contributed by atoms with Crippen molar-refractivity contribution in [2.75, 3.05) is 31.0 Å². The van der Waals surface area contributed by atoms with Crippen LogP contribution in [0.1, 0.15) is 6.42 Å². The van der Waals surface area contributed by atoms with E-state index < -0.39 is 0 Å². The molecular weight excluding hydrogens is 414 g/mol. The molecule has 0 unspecified atom stereocenters. The number of benzene rings is 2. The molecule has 0 spiro atoms. The molecule has 0 saturated carbocycles. The normalized spacial score (nSPS) is 16.2. The van der Waals surface area contributed by atoms with Gasteiger partial charge < -0.3 is 25.0 Å². The summed E-state index contributed by atoms with van der Waals surface area (Å²) in [6.07, 6.45) is 0.238. The number of amides is 3. The molecule has 2 aromatic carbocycles. The number of hydrogen-bond donors (Lipinski definition) is 2. The van der Waals surface area contributed by atoms with E-state index >= 15 is 0 Å². The number of rotatable bonds is 5. The highest BCUT2D eigenvalue weighted by Crippen LogP contribution is 2.33. The lowest BCUT2D eigenvalue weighted by molar-refractivity contribution is -0.117. The van der Waals surface area contributed by atoms with E-state index in [-0.39, 0.29) is 24.4 Å². The van der Waals surface area contributed by atoms with Crippen molar-refractivity contribution in [2.24, 2.45) is 0 Å². The van der Waals surface area contributed by atoms with Crippen molar-refractivity contribution < 1.29 is 19.1 Å². The first-order valence-electron chi connectivity index (χ1n) is 8.35. The molecule has 0 aromatic heterocycles. The third-order valence-electron chi connectivity index (χ3n) is 4.24. The fourth-order valence-corrected chi connectivity index (χ4v) is 3.20. The highest BCUT2D eigenvalue weighted by atomic mass is 79.9. The fraction of sp³-hybridized carbons (Fsp3) is 0.263. The molecule has 2 N–H and O–H groups in total. The summed E-state index contributed by atoms with van der Waals surface area (Å²) in [7, 11) is 3.10. The average molecular weight is 434 g/mol. The number of nitrogens with zero attached hydrogens (tertiary/aromatic N) is 1. The van der Waals surface area contributed by atoms with Gasteiger partial charge in [-0.25, -0.2) is 4.79 Å². The first kappa shape index (κ1) is 19.0. The van der Waals surface area contributed by atoms with Gasteiger partial charge in [0, 0.05) is 34.9 Å². The van der Waals surface area contributed by atoms with E-state index in [4.69, 9.17) is 9.47 Å². The largest absolute Gasteiger partial charge is 0.493 e. The van der Waals surface area contributed by atoms with Gasteiger partial charge in [0.05, 0.1) is 20.3 Å². The second-order valence-electron chi connectivity index (χ2n) is 6.05. The average Bonchev–Trinajstić information content (AvgIpc) is 3.02. The minimum absolute atomic E-state index is 0.0591. The lowest BCUT2D eigenvalue weighted by Gasteiger charge is -2.19. The molecule has 1 aliphatic rings. The Bertz CT molecular complexity index is 841. The Morgan fingerprint density at radius 1 is 1.11 bits per heavy atom. The van der Waals surface area contributed by atoms with Gasteiger partial charge in [-0.05, 0) is 36.4 Å². The molecule has 0 bridgehead atoms. The van der Waals surface area contributed by atoms with Crippen LogP contribution in [0, 0.1) is 0 Å². The zero-order chi connectivity index (χ0) is 19.4. The van der Waals surface area contributed by atoms with E-state index in [0.29, 0.717) is 29.4 Å². The summed E-state index contributed by atoms with van der Waals surface area (Å²) in [6.45, 7) is 0.391. The first-order chi connectivity index (χ1) is 13.0. The van der Waals surface area contributed by atoms with Crippen molar-refractivity contribution in [3.05, 3.63) is 46.9 Å². The van der Waals surface area contributed by atoms with Crippen LogP contribution < -0.4 is 25.0 Å². The van der Waals surface area contributed by atoms with Crippen molar-refractivity contribution in [2.45, 2.75) is 12.5 Å². The molecule has 7 nitrogen and oxygen atoms in total. The van der Waals surface area contributed by atoms with Crippen LogP contribution in [0.5, 0.6) is 11.5 Å². The molecule has 27 heavy (non-hydrogen) atoms. The van der Waals surface area contributed by atoms with Crippen LogP contribution >= 0.6 is 15.9 Å². The Morgan fingerprint density at radius 3 is 2.48 bits per heavy atom. The molecule has 142 valence electrons. The molecule has 0 aliphatic carbocycles. The molecule has 2 aromatic rings. The monoisotopic (exact) mass is 433 g/mol. The predicted molar refractivity (Wildman–Crippen MR) is 107 cm³/mol. The third-order valence-corrected chi connectivity index (χ3v) is 4.77. The Kier molecular flexibility index (Phi) is 5.85. The van der Waals surface area contributed by atoms with Crippen LogP contribution in [0.15, 0.2) is 46.9 Å². The van der Waals surface area contributed by atoms with Crippen LogP contribution in [0.3, 0.4) is 0 Å². The van der Waals surface area contributed by atoms with E-state index in [2.05, 4.69) is 26.6 Å². The number of carbonyl (C=O) groups excluding carboxylic acids is 2. The number of urea groups is 1. The summed E-state index contributed by atoms with van der Waals surface area (Å²) in [6, 6.07) is 11.9. The number of hydrogen-bond acceptors (Lipinski definition) is 4. The number of methoxy groups -OCH3 is 2. The maximum Gasteiger partial charge on any atom is 0.319 e. The fourth-order valence-electron chi connectivity index (χ4n) is 2.93. The van der Waals surface area contributed by atoms with Gasteiger partial charge in [0.2, 0.25) is 5.91 Å². The summed E-state index contributed by atoms with van der Waals surface area (Å²) in [5.74, 6) is 1.08. The summed E-state index contributed by atoms with van der Waals surface area (Å²) in [5, 5.41) is 5.60. The topological polar surface area (TPSA) is 79.9 Å². The maximum absolute atomic E-state index is 12.4. The molecule has 1 fully saturated rings. The van der Waals surface area contributed by atoms with Gasteiger partial charge in [-0.1, -0.05) is 15.9 Å². The van der Waals surface area contributed by atoms with Crippen LogP contribution in [0.2, 0.25) is 0 Å². The van der Waals surface area contributed by atoms with Crippen LogP contribution in [-0.4, -0.2) is 38.7 Å². The van der Waals surface area contributed by atoms with E-state index in [1.807, 2.05) is 12.1 Å². The SMILES string of the molecule is COc1ccc(N2C[C@@H](NC(=O)Nc3ccc(Br)cc3)CC2=O)cc1OC. The highest BCUT2D eigenvalue weighted by molar-refractivity contribution is 9.10. The van der Waals surface area contributed by atoms with Gasteiger partial charge in [-0.3, -0.25) is 4.79 Å². The summed E-state index contributed by atoms with van der Waals surface area (Å²) < 4.78 is 11.4. The highest BCUT2D eigenvalue weighted by Gasteiger charge is 2.32. The Morgan fingerprint density at radius 2 is 1.81 bits per heavy atom. The number of nitrogens with one attached hydrogen (secondary N) is 2. The first-order valence-corrected chi connectivity index (χ1v) is 9.15. The number of carbonyl (C=O) groups is 2. The molecule has 1 heterocycles. The molecular formula is C19H20BrN3O4. The van der Waals surface area contributed by atoms with Gasteiger partial charge in [0.1, 0.15) is 0 Å². The van der Waals surface area contributed by atoms with Gasteiger partial charge in [-0.15, -0.1) is 0 Å². The second kappa shape index (κ2) is 8.30. The van der Waals surface area contributed by atoms with Crippen molar-refractivity contribution in [1.82, 2.24) is 5.32 Å². The minimum atomic E-state index is -0.343. The smallest absolute Gasteiger partial charge is 0.319 e. The van der Waals surface area contributed by atoms with E-state index in [1.54, 1.807) is 49.5 Å². The van der Waals surface area contributed by atoms with Crippen LogP contribution in [0.25, 0.3) is 0 Å². The Hall–Kier alpha value is -2.74. The lowest BCUT2D eigenvalue weighted by Crippen LogP contribution is -2.39. The summed E-state index contributed by atoms with van der Waals surface area (Å²) >= 11 is 3.35. The van der Waals surface area contributed by atoms with Crippen molar-refractivity contribution >= 4 is 39.2 Å².